The Bertz CT molecular complexity index is 1240. The number of nitrogens with zero attached hydrogens (tertiary/aromatic N) is 1. The van der Waals surface area contributed by atoms with Gasteiger partial charge in [-0.1, -0.05) is 36.4 Å². The average molecular weight is 464 g/mol. The number of hydrogen-bond donors (Lipinski definition) is 1. The van der Waals surface area contributed by atoms with Crippen LogP contribution >= 0.6 is 0 Å². The number of ether oxygens (including phenoxy) is 2. The highest BCUT2D eigenvalue weighted by molar-refractivity contribution is 6.13. The van der Waals surface area contributed by atoms with Gasteiger partial charge in [-0.2, -0.15) is 0 Å². The van der Waals surface area contributed by atoms with Gasteiger partial charge in [-0.05, 0) is 54.5 Å². The van der Waals surface area contributed by atoms with Crippen molar-refractivity contribution in [3.8, 4) is 11.5 Å². The molecule has 6 nitrogen and oxygen atoms in total. The Balaban J connectivity index is 1.51. The summed E-state index contributed by atoms with van der Waals surface area (Å²) < 4.78 is 38.4. The maximum Gasteiger partial charge on any atom is 0.329 e. The molecule has 0 unspecified atom stereocenters. The highest BCUT2D eigenvalue weighted by Gasteiger charge is 2.33. The predicted octanol–water partition coefficient (Wildman–Crippen LogP) is 5.04. The fourth-order valence-corrected chi connectivity index (χ4v) is 3.43. The molecule has 1 aliphatic heterocycles. The Morgan fingerprint density at radius 2 is 1.71 bits per heavy atom. The van der Waals surface area contributed by atoms with Crippen molar-refractivity contribution >= 4 is 18.0 Å². The van der Waals surface area contributed by atoms with Gasteiger partial charge in [0.05, 0.1) is 13.2 Å². The monoisotopic (exact) mass is 464 g/mol. The van der Waals surface area contributed by atoms with E-state index in [2.05, 4.69) is 5.32 Å². The van der Waals surface area contributed by atoms with Gasteiger partial charge in [0.1, 0.15) is 23.9 Å². The number of amides is 3. The molecule has 3 amide bonds. The van der Waals surface area contributed by atoms with Crippen molar-refractivity contribution in [2.45, 2.75) is 20.1 Å². The fraction of sp³-hybridized carbons (Fsp3) is 0.154. The molecule has 174 valence electrons. The lowest BCUT2D eigenvalue weighted by atomic mass is 10.1. The van der Waals surface area contributed by atoms with Crippen LogP contribution in [0.5, 0.6) is 11.5 Å². The van der Waals surface area contributed by atoms with Crippen molar-refractivity contribution in [2.75, 3.05) is 6.61 Å². The van der Waals surface area contributed by atoms with E-state index in [1.807, 2.05) is 6.92 Å². The van der Waals surface area contributed by atoms with Crippen molar-refractivity contribution in [3.63, 3.8) is 0 Å². The predicted molar refractivity (Wildman–Crippen MR) is 122 cm³/mol. The first kappa shape index (κ1) is 23.0. The first-order chi connectivity index (χ1) is 16.4. The van der Waals surface area contributed by atoms with E-state index in [-0.39, 0.29) is 24.7 Å². The number of nitrogens with one attached hydrogen (secondary N) is 1. The van der Waals surface area contributed by atoms with Gasteiger partial charge in [0.25, 0.3) is 5.91 Å². The molecule has 3 aromatic carbocycles. The molecule has 1 saturated heterocycles. The van der Waals surface area contributed by atoms with Crippen molar-refractivity contribution < 1.29 is 27.8 Å². The topological polar surface area (TPSA) is 67.9 Å². The van der Waals surface area contributed by atoms with E-state index >= 15 is 0 Å². The molecule has 0 radical (unpaired) electrons. The maximum absolute atomic E-state index is 13.9. The number of hydrogen-bond acceptors (Lipinski definition) is 4. The van der Waals surface area contributed by atoms with Gasteiger partial charge in [0.2, 0.25) is 0 Å². The molecule has 1 heterocycles. The third-order valence-electron chi connectivity index (χ3n) is 5.14. The minimum atomic E-state index is -0.560. The van der Waals surface area contributed by atoms with E-state index in [4.69, 9.17) is 9.47 Å². The van der Waals surface area contributed by atoms with Crippen molar-refractivity contribution in [1.82, 2.24) is 10.2 Å². The van der Waals surface area contributed by atoms with Gasteiger partial charge in [-0.3, -0.25) is 9.69 Å². The first-order valence-electron chi connectivity index (χ1n) is 10.7. The molecule has 0 bridgehead atoms. The molecule has 0 aromatic heterocycles. The minimum Gasteiger partial charge on any atom is -0.490 e. The summed E-state index contributed by atoms with van der Waals surface area (Å²) in [6, 6.07) is 16.4. The van der Waals surface area contributed by atoms with Crippen LogP contribution in [0.4, 0.5) is 13.6 Å². The van der Waals surface area contributed by atoms with E-state index in [9.17, 15) is 18.4 Å². The molecular weight excluding hydrogens is 442 g/mol. The van der Waals surface area contributed by atoms with Crippen molar-refractivity contribution in [2.24, 2.45) is 0 Å². The van der Waals surface area contributed by atoms with Gasteiger partial charge in [0.15, 0.2) is 11.5 Å². The summed E-state index contributed by atoms with van der Waals surface area (Å²) in [5.41, 5.74) is 1.75. The molecule has 8 heteroatoms. The summed E-state index contributed by atoms with van der Waals surface area (Å²) in [6.45, 7) is 2.24. The molecule has 34 heavy (non-hydrogen) atoms. The van der Waals surface area contributed by atoms with Crippen LogP contribution in [0.1, 0.15) is 23.6 Å². The highest BCUT2D eigenvalue weighted by atomic mass is 19.1. The maximum atomic E-state index is 13.9. The number of urea groups is 1. The molecule has 0 atom stereocenters. The molecule has 0 aliphatic carbocycles. The third kappa shape index (κ3) is 5.23. The minimum absolute atomic E-state index is 0.0231. The Kier molecular flexibility index (Phi) is 6.87. The number of carbonyl (C=O) groups is 2. The van der Waals surface area contributed by atoms with Gasteiger partial charge in [0, 0.05) is 5.56 Å². The molecule has 1 aliphatic rings. The summed E-state index contributed by atoms with van der Waals surface area (Å²) in [7, 11) is 0. The lowest BCUT2D eigenvalue weighted by Crippen LogP contribution is -2.30. The van der Waals surface area contributed by atoms with Crippen LogP contribution in [0.15, 0.2) is 72.4 Å². The van der Waals surface area contributed by atoms with E-state index in [1.165, 1.54) is 36.4 Å². The van der Waals surface area contributed by atoms with Crippen LogP contribution in [0.25, 0.3) is 6.08 Å². The number of halogens is 2. The number of imide groups is 1. The zero-order valence-electron chi connectivity index (χ0n) is 18.4. The summed E-state index contributed by atoms with van der Waals surface area (Å²) in [5.74, 6) is -0.400. The lowest BCUT2D eigenvalue weighted by Gasteiger charge is -2.13. The van der Waals surface area contributed by atoms with Crippen LogP contribution in [0.3, 0.4) is 0 Å². The normalized spacial score (nSPS) is 14.4. The highest BCUT2D eigenvalue weighted by Crippen LogP contribution is 2.31. The van der Waals surface area contributed by atoms with E-state index < -0.39 is 17.8 Å². The average Bonchev–Trinajstić information content (AvgIpc) is 3.08. The van der Waals surface area contributed by atoms with Crippen molar-refractivity contribution in [1.29, 1.82) is 0 Å². The largest absolute Gasteiger partial charge is 0.490 e. The van der Waals surface area contributed by atoms with Crippen LogP contribution in [-0.2, 0) is 17.9 Å². The Morgan fingerprint density at radius 3 is 2.44 bits per heavy atom. The summed E-state index contributed by atoms with van der Waals surface area (Å²) in [4.78, 5) is 26.2. The number of rotatable bonds is 8. The molecular formula is C26H22F2N2O4. The fourth-order valence-electron chi connectivity index (χ4n) is 3.43. The molecule has 1 fully saturated rings. The second-order valence-electron chi connectivity index (χ2n) is 7.53. The second kappa shape index (κ2) is 10.2. The van der Waals surface area contributed by atoms with Gasteiger partial charge in [-0.15, -0.1) is 0 Å². The van der Waals surface area contributed by atoms with Crippen LogP contribution < -0.4 is 14.8 Å². The van der Waals surface area contributed by atoms with E-state index in [0.29, 0.717) is 34.8 Å². The molecule has 0 saturated carbocycles. The summed E-state index contributed by atoms with van der Waals surface area (Å²) in [6.07, 6.45) is 1.54. The smallest absolute Gasteiger partial charge is 0.329 e. The van der Waals surface area contributed by atoms with Crippen LogP contribution in [-0.4, -0.2) is 23.4 Å². The van der Waals surface area contributed by atoms with Crippen LogP contribution in [0.2, 0.25) is 0 Å². The van der Waals surface area contributed by atoms with E-state index in [0.717, 1.165) is 4.90 Å². The lowest BCUT2D eigenvalue weighted by molar-refractivity contribution is -0.123. The Hall–Kier alpha value is -4.20. The first-order valence-corrected chi connectivity index (χ1v) is 10.7. The third-order valence-corrected chi connectivity index (χ3v) is 5.14. The Labute approximate surface area is 195 Å². The van der Waals surface area contributed by atoms with Gasteiger partial charge < -0.3 is 14.8 Å². The molecule has 0 spiro atoms. The quantitative estimate of drug-likeness (QED) is 0.375. The molecule has 4 rings (SSSR count). The van der Waals surface area contributed by atoms with E-state index in [1.54, 1.807) is 36.4 Å². The Morgan fingerprint density at radius 1 is 0.941 bits per heavy atom. The van der Waals surface area contributed by atoms with Gasteiger partial charge in [-0.25, -0.2) is 13.6 Å². The summed E-state index contributed by atoms with van der Waals surface area (Å²) >= 11 is 0. The molecule has 3 aromatic rings. The zero-order chi connectivity index (χ0) is 24.1. The summed E-state index contributed by atoms with van der Waals surface area (Å²) in [5, 5.41) is 2.56. The number of carbonyl (C=O) groups excluding carboxylic acids is 2. The second-order valence-corrected chi connectivity index (χ2v) is 7.53. The molecule has 1 N–H and O–H groups in total. The zero-order valence-corrected chi connectivity index (χ0v) is 18.4. The SMILES string of the molecule is CCOc1cc(/C=C2/NC(=O)N(Cc3ccc(F)cc3)C2=O)ccc1OCc1ccccc1F. The van der Waals surface area contributed by atoms with Crippen LogP contribution in [0, 0.1) is 11.6 Å². The number of benzene rings is 3. The standard InChI is InChI=1S/C26H22F2N2O4/c1-2-33-24-14-18(9-12-23(24)34-16-19-5-3-4-6-21(19)28)13-22-25(31)30(26(32)29-22)15-17-7-10-20(27)11-8-17/h3-14H,2,15-16H2,1H3,(H,29,32)/b22-13+. The van der Waals surface area contributed by atoms with Crippen molar-refractivity contribution in [3.05, 3.63) is 101 Å². The van der Waals surface area contributed by atoms with Gasteiger partial charge >= 0.3 is 6.03 Å².